The van der Waals surface area contributed by atoms with Gasteiger partial charge in [-0.2, -0.15) is 5.10 Å². The number of nitrogens with one attached hydrogen (secondary N) is 1. The monoisotopic (exact) mass is 249 g/mol. The lowest BCUT2D eigenvalue weighted by molar-refractivity contribution is 0.0952. The zero-order valence-corrected chi connectivity index (χ0v) is 10.5. The molecule has 7 nitrogen and oxygen atoms in total. The Bertz CT molecular complexity index is 584. The van der Waals surface area contributed by atoms with Crippen molar-refractivity contribution in [3.8, 4) is 0 Å². The van der Waals surface area contributed by atoms with Gasteiger partial charge in [0.2, 0.25) is 0 Å². The third kappa shape index (κ3) is 2.25. The summed E-state index contributed by atoms with van der Waals surface area (Å²) in [6, 6.07) is 1.66. The van der Waals surface area contributed by atoms with Gasteiger partial charge in [0.15, 0.2) is 0 Å². The lowest BCUT2D eigenvalue weighted by Gasteiger charge is -1.98. The molecule has 0 aromatic carbocycles. The van der Waals surface area contributed by atoms with Crippen molar-refractivity contribution in [2.75, 3.05) is 0 Å². The van der Waals surface area contributed by atoms with Crippen molar-refractivity contribution in [1.82, 2.24) is 20.2 Å². The van der Waals surface area contributed by atoms with E-state index in [1.165, 1.54) is 0 Å². The number of aromatic nitrogens is 3. The molecular weight excluding hydrogens is 234 g/mol. The summed E-state index contributed by atoms with van der Waals surface area (Å²) in [4.78, 5) is 15.6. The molecule has 2 heterocycles. The molecule has 0 fully saturated rings. The summed E-state index contributed by atoms with van der Waals surface area (Å²) in [5.41, 5.74) is 2.51. The summed E-state index contributed by atoms with van der Waals surface area (Å²) in [5, 5.41) is 4.23. The number of aryl methyl sites for hydroxylation is 3. The van der Waals surface area contributed by atoms with Crippen LogP contribution >= 0.6 is 0 Å². The minimum atomic E-state index is -0.367. The summed E-state index contributed by atoms with van der Waals surface area (Å²) in [5.74, 6) is 7.40. The molecule has 2 aromatic rings. The number of nitrogen functional groups attached to an aromatic ring is 1. The first kappa shape index (κ1) is 12.3. The van der Waals surface area contributed by atoms with Crippen LogP contribution in [0.15, 0.2) is 10.5 Å². The Hall–Kier alpha value is -2.15. The minimum Gasteiger partial charge on any atom is -0.464 e. The van der Waals surface area contributed by atoms with Crippen LogP contribution in [0.4, 0.5) is 0 Å². The fraction of sp³-hybridized carbons (Fsp3) is 0.364. The molecule has 0 aliphatic carbocycles. The number of carbonyl (C=O) groups excluding carboxylic acids is 1. The highest BCUT2D eigenvalue weighted by Gasteiger charge is 2.15. The van der Waals surface area contributed by atoms with Gasteiger partial charge >= 0.3 is 0 Å². The summed E-state index contributed by atoms with van der Waals surface area (Å²) in [6.45, 7) is 5.84. The molecule has 0 aliphatic rings. The highest BCUT2D eigenvalue weighted by molar-refractivity contribution is 5.94. The lowest BCUT2D eigenvalue weighted by Crippen LogP contribution is -2.30. The smallest absolute Gasteiger partial charge is 0.268 e. The topological polar surface area (TPSA) is 99.0 Å². The predicted molar refractivity (Wildman–Crippen MR) is 63.7 cm³/mol. The molecule has 0 atom stereocenters. The largest absolute Gasteiger partial charge is 0.464 e. The second-order valence-electron chi connectivity index (χ2n) is 4.02. The Morgan fingerprint density at radius 2 is 2.22 bits per heavy atom. The zero-order chi connectivity index (χ0) is 13.3. The van der Waals surface area contributed by atoms with E-state index in [-0.39, 0.29) is 5.91 Å². The fourth-order valence-corrected chi connectivity index (χ4v) is 1.78. The van der Waals surface area contributed by atoms with Crippen LogP contribution < -0.4 is 11.3 Å². The van der Waals surface area contributed by atoms with E-state index in [4.69, 9.17) is 10.3 Å². The first-order valence-electron chi connectivity index (χ1n) is 5.49. The van der Waals surface area contributed by atoms with Gasteiger partial charge in [0.1, 0.15) is 29.7 Å². The number of hydrogen-bond donors (Lipinski definition) is 2. The van der Waals surface area contributed by atoms with Crippen LogP contribution in [0, 0.1) is 20.8 Å². The lowest BCUT2D eigenvalue weighted by atomic mass is 10.2. The van der Waals surface area contributed by atoms with E-state index in [9.17, 15) is 4.79 Å². The molecule has 18 heavy (non-hydrogen) atoms. The molecule has 2 rings (SSSR count). The third-order valence-corrected chi connectivity index (χ3v) is 2.61. The van der Waals surface area contributed by atoms with Crippen LogP contribution in [0.5, 0.6) is 0 Å². The van der Waals surface area contributed by atoms with Crippen LogP contribution in [0.2, 0.25) is 0 Å². The van der Waals surface area contributed by atoms with Gasteiger partial charge in [-0.1, -0.05) is 0 Å². The normalized spacial score (nSPS) is 10.7. The molecule has 2 aromatic heterocycles. The molecule has 1 amide bonds. The average molecular weight is 249 g/mol. The van der Waals surface area contributed by atoms with Gasteiger partial charge in [-0.3, -0.25) is 10.2 Å². The van der Waals surface area contributed by atoms with Crippen molar-refractivity contribution in [2.24, 2.45) is 5.84 Å². The van der Waals surface area contributed by atoms with Crippen molar-refractivity contribution < 1.29 is 9.21 Å². The molecule has 0 bridgehead atoms. The number of nitrogens with two attached hydrogens (primary N) is 1. The van der Waals surface area contributed by atoms with E-state index in [1.54, 1.807) is 17.7 Å². The van der Waals surface area contributed by atoms with E-state index in [1.807, 2.05) is 13.8 Å². The van der Waals surface area contributed by atoms with Crippen molar-refractivity contribution in [2.45, 2.75) is 27.3 Å². The Morgan fingerprint density at radius 1 is 1.50 bits per heavy atom. The summed E-state index contributed by atoms with van der Waals surface area (Å²) >= 11 is 0. The van der Waals surface area contributed by atoms with Gasteiger partial charge in [-0.25, -0.2) is 15.5 Å². The second kappa shape index (κ2) is 4.61. The Kier molecular flexibility index (Phi) is 3.15. The van der Waals surface area contributed by atoms with Crippen LogP contribution in [0.25, 0.3) is 0 Å². The first-order valence-corrected chi connectivity index (χ1v) is 5.49. The molecule has 0 aliphatic heterocycles. The Balaban J connectivity index is 2.25. The Labute approximate surface area is 104 Å². The number of hydrazine groups is 1. The van der Waals surface area contributed by atoms with Crippen LogP contribution in [0.3, 0.4) is 0 Å². The molecule has 0 saturated carbocycles. The average Bonchev–Trinajstić information content (AvgIpc) is 2.82. The van der Waals surface area contributed by atoms with E-state index in [0.29, 0.717) is 29.5 Å². The van der Waals surface area contributed by atoms with Crippen molar-refractivity contribution in [3.05, 3.63) is 34.8 Å². The highest BCUT2D eigenvalue weighted by atomic mass is 16.3. The standard InChI is InChI=1S/C11H15N5O2/c1-6-10(11(17)14-12)4-9(18-6)5-16-8(3)13-7(2)15-16/h4H,5,12H2,1-3H3,(H,14,17). The minimum absolute atomic E-state index is 0.367. The number of furan rings is 1. The van der Waals surface area contributed by atoms with E-state index >= 15 is 0 Å². The summed E-state index contributed by atoms with van der Waals surface area (Å²) in [7, 11) is 0. The van der Waals surface area contributed by atoms with Gasteiger partial charge in [-0.15, -0.1) is 0 Å². The first-order chi connectivity index (χ1) is 8.51. The maximum Gasteiger partial charge on any atom is 0.268 e. The van der Waals surface area contributed by atoms with E-state index < -0.39 is 0 Å². The number of rotatable bonds is 3. The molecule has 96 valence electrons. The number of amides is 1. The second-order valence-corrected chi connectivity index (χ2v) is 4.02. The molecule has 7 heteroatoms. The van der Waals surface area contributed by atoms with E-state index in [0.717, 1.165) is 5.82 Å². The predicted octanol–water partition coefficient (Wildman–Crippen LogP) is 0.448. The van der Waals surface area contributed by atoms with Crippen LogP contribution in [-0.4, -0.2) is 20.7 Å². The number of hydrogen-bond acceptors (Lipinski definition) is 5. The maximum atomic E-state index is 11.4. The summed E-state index contributed by atoms with van der Waals surface area (Å²) < 4.78 is 7.22. The Morgan fingerprint density at radius 3 is 2.78 bits per heavy atom. The molecule has 0 spiro atoms. The quantitative estimate of drug-likeness (QED) is 0.467. The van der Waals surface area contributed by atoms with Crippen LogP contribution in [0.1, 0.15) is 33.5 Å². The molecule has 3 N–H and O–H groups in total. The molecular formula is C11H15N5O2. The van der Waals surface area contributed by atoms with Gasteiger partial charge in [0.05, 0.1) is 5.56 Å². The van der Waals surface area contributed by atoms with Gasteiger partial charge in [-0.05, 0) is 26.8 Å². The van der Waals surface area contributed by atoms with Gasteiger partial charge < -0.3 is 4.42 Å². The summed E-state index contributed by atoms with van der Waals surface area (Å²) in [6.07, 6.45) is 0. The zero-order valence-electron chi connectivity index (χ0n) is 10.5. The number of carbonyl (C=O) groups is 1. The van der Waals surface area contributed by atoms with Crippen LogP contribution in [-0.2, 0) is 6.54 Å². The maximum absolute atomic E-state index is 11.4. The fourth-order valence-electron chi connectivity index (χ4n) is 1.78. The van der Waals surface area contributed by atoms with E-state index in [2.05, 4.69) is 15.5 Å². The highest BCUT2D eigenvalue weighted by Crippen LogP contribution is 2.15. The van der Waals surface area contributed by atoms with Crippen molar-refractivity contribution in [1.29, 1.82) is 0 Å². The molecule has 0 unspecified atom stereocenters. The SMILES string of the molecule is Cc1nc(C)n(Cc2cc(C(=O)NN)c(C)o2)n1. The molecule has 0 radical (unpaired) electrons. The molecule has 0 saturated heterocycles. The number of nitrogens with zero attached hydrogens (tertiary/aromatic N) is 3. The van der Waals surface area contributed by atoms with Crippen molar-refractivity contribution in [3.63, 3.8) is 0 Å². The van der Waals surface area contributed by atoms with Gasteiger partial charge in [0, 0.05) is 0 Å². The third-order valence-electron chi connectivity index (χ3n) is 2.61. The van der Waals surface area contributed by atoms with Gasteiger partial charge in [0.25, 0.3) is 5.91 Å². The van der Waals surface area contributed by atoms with Crippen molar-refractivity contribution >= 4 is 5.91 Å².